The second kappa shape index (κ2) is 8.86. The molecule has 7 heteroatoms. The van der Waals surface area contributed by atoms with Gasteiger partial charge in [0.15, 0.2) is 0 Å². The molecule has 3 rings (SSSR count). The third kappa shape index (κ3) is 4.76. The maximum absolute atomic E-state index is 12.6. The molecule has 2 aliphatic rings. The van der Waals surface area contributed by atoms with Gasteiger partial charge in [0, 0.05) is 32.6 Å². The SMILES string of the molecule is O=C(CCCOc1ccccc1)N1CCN(S(=O)(=O)C2CCCC2)CC1. The van der Waals surface area contributed by atoms with Gasteiger partial charge in [-0.15, -0.1) is 0 Å². The highest BCUT2D eigenvalue weighted by molar-refractivity contribution is 7.89. The molecule has 144 valence electrons. The van der Waals surface area contributed by atoms with Crippen molar-refractivity contribution in [2.75, 3.05) is 32.8 Å². The van der Waals surface area contributed by atoms with Gasteiger partial charge in [0.05, 0.1) is 11.9 Å². The van der Waals surface area contributed by atoms with Gasteiger partial charge >= 0.3 is 0 Å². The molecule has 1 saturated carbocycles. The van der Waals surface area contributed by atoms with Crippen molar-refractivity contribution in [3.05, 3.63) is 30.3 Å². The van der Waals surface area contributed by atoms with Crippen LogP contribution in [0.4, 0.5) is 0 Å². The van der Waals surface area contributed by atoms with Crippen LogP contribution in [0.1, 0.15) is 38.5 Å². The highest BCUT2D eigenvalue weighted by Crippen LogP contribution is 2.27. The minimum Gasteiger partial charge on any atom is -0.494 e. The van der Waals surface area contributed by atoms with Crippen LogP contribution in [0.2, 0.25) is 0 Å². The van der Waals surface area contributed by atoms with Gasteiger partial charge in [0.1, 0.15) is 5.75 Å². The number of hydrogen-bond acceptors (Lipinski definition) is 4. The third-order valence-corrected chi connectivity index (χ3v) is 7.62. The molecule has 1 saturated heterocycles. The fraction of sp³-hybridized carbons (Fsp3) is 0.632. The molecule has 0 unspecified atom stereocenters. The average Bonchev–Trinajstić information content (AvgIpc) is 3.22. The van der Waals surface area contributed by atoms with Crippen LogP contribution in [-0.2, 0) is 14.8 Å². The van der Waals surface area contributed by atoms with E-state index >= 15 is 0 Å². The number of rotatable bonds is 7. The zero-order valence-corrected chi connectivity index (χ0v) is 16.0. The summed E-state index contributed by atoms with van der Waals surface area (Å²) in [7, 11) is -3.19. The Morgan fingerprint density at radius 1 is 1.04 bits per heavy atom. The Balaban J connectivity index is 1.38. The molecule has 0 radical (unpaired) electrons. The largest absolute Gasteiger partial charge is 0.494 e. The summed E-state index contributed by atoms with van der Waals surface area (Å²) in [6.07, 6.45) is 4.67. The van der Waals surface area contributed by atoms with Gasteiger partial charge in [-0.3, -0.25) is 4.79 Å². The van der Waals surface area contributed by atoms with Crippen LogP contribution in [0.15, 0.2) is 30.3 Å². The number of carbonyl (C=O) groups is 1. The minimum absolute atomic E-state index is 0.0829. The highest BCUT2D eigenvalue weighted by atomic mass is 32.2. The van der Waals surface area contributed by atoms with Crippen molar-refractivity contribution in [3.8, 4) is 5.75 Å². The Hall–Kier alpha value is -1.60. The summed E-state index contributed by atoms with van der Waals surface area (Å²) in [4.78, 5) is 14.1. The van der Waals surface area contributed by atoms with Crippen LogP contribution >= 0.6 is 0 Å². The molecule has 0 atom stereocenters. The molecule has 26 heavy (non-hydrogen) atoms. The normalized spacial score (nSPS) is 19.6. The van der Waals surface area contributed by atoms with Gasteiger partial charge in [0.2, 0.25) is 15.9 Å². The molecule has 1 aromatic carbocycles. The van der Waals surface area contributed by atoms with E-state index in [1.807, 2.05) is 30.3 Å². The zero-order chi connectivity index (χ0) is 18.4. The van der Waals surface area contributed by atoms with Gasteiger partial charge < -0.3 is 9.64 Å². The van der Waals surface area contributed by atoms with Gasteiger partial charge in [-0.2, -0.15) is 4.31 Å². The number of carbonyl (C=O) groups excluding carboxylic acids is 1. The molecular weight excluding hydrogens is 352 g/mol. The summed E-state index contributed by atoms with van der Waals surface area (Å²) in [6.45, 7) is 2.33. The van der Waals surface area contributed by atoms with Crippen LogP contribution < -0.4 is 4.74 Å². The second-order valence-corrected chi connectivity index (χ2v) is 9.21. The number of sulfonamides is 1. The van der Waals surface area contributed by atoms with Gasteiger partial charge in [0.25, 0.3) is 0 Å². The van der Waals surface area contributed by atoms with Crippen LogP contribution in [0, 0.1) is 0 Å². The van der Waals surface area contributed by atoms with E-state index in [0.29, 0.717) is 45.6 Å². The van der Waals surface area contributed by atoms with Crippen molar-refractivity contribution in [1.29, 1.82) is 0 Å². The second-order valence-electron chi connectivity index (χ2n) is 7.00. The van der Waals surface area contributed by atoms with Crippen molar-refractivity contribution >= 4 is 15.9 Å². The van der Waals surface area contributed by atoms with Crippen LogP contribution in [0.5, 0.6) is 5.75 Å². The molecule has 1 aliphatic carbocycles. The number of benzene rings is 1. The molecule has 1 aliphatic heterocycles. The molecule has 1 amide bonds. The summed E-state index contributed by atoms with van der Waals surface area (Å²) >= 11 is 0. The lowest BCUT2D eigenvalue weighted by Crippen LogP contribution is -2.52. The predicted octanol–water partition coefficient (Wildman–Crippen LogP) is 2.26. The summed E-state index contributed by atoms with van der Waals surface area (Å²) in [5.41, 5.74) is 0. The zero-order valence-electron chi connectivity index (χ0n) is 15.2. The predicted molar refractivity (Wildman–Crippen MR) is 100 cm³/mol. The Labute approximate surface area is 156 Å². The lowest BCUT2D eigenvalue weighted by Gasteiger charge is -2.35. The lowest BCUT2D eigenvalue weighted by molar-refractivity contribution is -0.132. The molecule has 2 fully saturated rings. The first-order valence-electron chi connectivity index (χ1n) is 9.52. The van der Waals surface area contributed by atoms with E-state index in [9.17, 15) is 13.2 Å². The number of hydrogen-bond donors (Lipinski definition) is 0. The Morgan fingerprint density at radius 2 is 1.69 bits per heavy atom. The molecular formula is C19H28N2O4S. The summed E-state index contributed by atoms with van der Waals surface area (Å²) in [6, 6.07) is 9.56. The summed E-state index contributed by atoms with van der Waals surface area (Å²) in [5.74, 6) is 0.894. The van der Waals surface area contributed by atoms with E-state index < -0.39 is 10.0 Å². The van der Waals surface area contributed by atoms with Gasteiger partial charge in [-0.1, -0.05) is 31.0 Å². The van der Waals surface area contributed by atoms with E-state index in [2.05, 4.69) is 0 Å². The first kappa shape index (κ1) is 19.2. The van der Waals surface area contributed by atoms with Crippen molar-refractivity contribution in [2.45, 2.75) is 43.8 Å². The molecule has 0 aromatic heterocycles. The van der Waals surface area contributed by atoms with Crippen molar-refractivity contribution in [1.82, 2.24) is 9.21 Å². The highest BCUT2D eigenvalue weighted by Gasteiger charge is 2.36. The molecule has 1 aromatic rings. The number of ether oxygens (including phenoxy) is 1. The van der Waals surface area contributed by atoms with Gasteiger partial charge in [-0.25, -0.2) is 8.42 Å². The Kier molecular flexibility index (Phi) is 6.53. The Bertz CT molecular complexity index is 679. The smallest absolute Gasteiger partial charge is 0.222 e. The van der Waals surface area contributed by atoms with Crippen LogP contribution in [-0.4, -0.2) is 61.6 Å². The fourth-order valence-corrected chi connectivity index (χ4v) is 5.70. The van der Waals surface area contributed by atoms with Crippen molar-refractivity contribution < 1.29 is 17.9 Å². The van der Waals surface area contributed by atoms with E-state index in [4.69, 9.17) is 4.74 Å². The lowest BCUT2D eigenvalue weighted by atomic mass is 10.2. The molecule has 0 spiro atoms. The van der Waals surface area contributed by atoms with Crippen LogP contribution in [0.25, 0.3) is 0 Å². The molecule has 6 nitrogen and oxygen atoms in total. The first-order valence-corrected chi connectivity index (χ1v) is 11.0. The number of piperazine rings is 1. The number of para-hydroxylation sites is 1. The Morgan fingerprint density at radius 3 is 2.35 bits per heavy atom. The number of amides is 1. The maximum atomic E-state index is 12.6. The maximum Gasteiger partial charge on any atom is 0.222 e. The van der Waals surface area contributed by atoms with E-state index in [1.165, 1.54) is 0 Å². The van der Waals surface area contributed by atoms with Gasteiger partial charge in [-0.05, 0) is 31.4 Å². The van der Waals surface area contributed by atoms with E-state index in [-0.39, 0.29) is 11.2 Å². The minimum atomic E-state index is -3.19. The fourth-order valence-electron chi connectivity index (χ4n) is 3.68. The summed E-state index contributed by atoms with van der Waals surface area (Å²) < 4.78 is 32.4. The monoisotopic (exact) mass is 380 g/mol. The summed E-state index contributed by atoms with van der Waals surface area (Å²) in [5, 5.41) is -0.208. The first-order chi connectivity index (χ1) is 12.6. The van der Waals surface area contributed by atoms with Crippen molar-refractivity contribution in [3.63, 3.8) is 0 Å². The number of nitrogens with zero attached hydrogens (tertiary/aromatic N) is 2. The third-order valence-electron chi connectivity index (χ3n) is 5.22. The molecule has 0 bridgehead atoms. The quantitative estimate of drug-likeness (QED) is 0.681. The topological polar surface area (TPSA) is 66.9 Å². The van der Waals surface area contributed by atoms with E-state index in [0.717, 1.165) is 31.4 Å². The van der Waals surface area contributed by atoms with E-state index in [1.54, 1.807) is 9.21 Å². The van der Waals surface area contributed by atoms with Crippen molar-refractivity contribution in [2.24, 2.45) is 0 Å². The standard InChI is InChI=1S/C19H28N2O4S/c22-19(11-6-16-25-17-7-2-1-3-8-17)20-12-14-21(15-13-20)26(23,24)18-9-4-5-10-18/h1-3,7-8,18H,4-6,9-16H2. The molecule has 1 heterocycles. The van der Waals surface area contributed by atoms with Crippen LogP contribution in [0.3, 0.4) is 0 Å². The average molecular weight is 381 g/mol. The molecule has 0 N–H and O–H groups in total.